The average Bonchev–Trinajstić information content (AvgIpc) is 3.06. The first kappa shape index (κ1) is 16.8. The van der Waals surface area contributed by atoms with Gasteiger partial charge in [-0.2, -0.15) is 4.31 Å². The number of piperidine rings is 1. The molecule has 7 nitrogen and oxygen atoms in total. The number of thiophene rings is 1. The summed E-state index contributed by atoms with van der Waals surface area (Å²) in [7, 11) is -2.49. The van der Waals surface area contributed by atoms with Gasteiger partial charge in [0.05, 0.1) is 20.3 Å². The minimum Gasteiger partial charge on any atom is -0.465 e. The van der Waals surface area contributed by atoms with Crippen molar-refractivity contribution >= 4 is 27.3 Å². The Morgan fingerprint density at radius 1 is 1.30 bits per heavy atom. The summed E-state index contributed by atoms with van der Waals surface area (Å²) >= 11 is 1.06. The van der Waals surface area contributed by atoms with E-state index < -0.39 is 21.8 Å². The van der Waals surface area contributed by atoms with Gasteiger partial charge in [-0.15, -0.1) is 11.3 Å². The summed E-state index contributed by atoms with van der Waals surface area (Å²) in [5.74, 6) is -1.28. The molecule has 1 aromatic heterocycles. The van der Waals surface area contributed by atoms with Crippen LogP contribution in [-0.2, 0) is 24.2 Å². The van der Waals surface area contributed by atoms with Crippen molar-refractivity contribution in [2.24, 2.45) is 0 Å². The number of hydrogen-bond acceptors (Lipinski definition) is 7. The Labute approximate surface area is 139 Å². The van der Waals surface area contributed by atoms with Gasteiger partial charge in [0, 0.05) is 25.9 Å². The SMILES string of the molecule is COC(=O)c1sccc1S(=O)(=O)N1CCC2(CC1)OCCCO2. The van der Waals surface area contributed by atoms with E-state index in [1.165, 1.54) is 17.5 Å². The highest BCUT2D eigenvalue weighted by Gasteiger charge is 2.42. The lowest BCUT2D eigenvalue weighted by Gasteiger charge is -2.42. The van der Waals surface area contributed by atoms with Crippen molar-refractivity contribution in [3.05, 3.63) is 16.3 Å². The van der Waals surface area contributed by atoms with Crippen molar-refractivity contribution < 1.29 is 27.4 Å². The lowest BCUT2D eigenvalue weighted by Crippen LogP contribution is -2.51. The van der Waals surface area contributed by atoms with E-state index >= 15 is 0 Å². The topological polar surface area (TPSA) is 82.1 Å². The Hall–Kier alpha value is -1.00. The van der Waals surface area contributed by atoms with E-state index in [0.717, 1.165) is 17.8 Å². The highest BCUT2D eigenvalue weighted by Crippen LogP contribution is 2.34. The van der Waals surface area contributed by atoms with E-state index in [9.17, 15) is 13.2 Å². The predicted molar refractivity (Wildman–Crippen MR) is 82.9 cm³/mol. The Balaban J connectivity index is 1.77. The number of ether oxygens (including phenoxy) is 3. The summed E-state index contributed by atoms with van der Waals surface area (Å²) in [6, 6.07) is 1.45. The van der Waals surface area contributed by atoms with Crippen LogP contribution in [0.4, 0.5) is 0 Å². The van der Waals surface area contributed by atoms with Crippen LogP contribution in [0.2, 0.25) is 0 Å². The molecule has 2 fully saturated rings. The van der Waals surface area contributed by atoms with Gasteiger partial charge >= 0.3 is 5.97 Å². The minimum atomic E-state index is -3.73. The molecule has 0 amide bonds. The number of nitrogens with zero attached hydrogens (tertiary/aromatic N) is 1. The van der Waals surface area contributed by atoms with Crippen LogP contribution in [0, 0.1) is 0 Å². The van der Waals surface area contributed by atoms with E-state index in [1.54, 1.807) is 5.38 Å². The van der Waals surface area contributed by atoms with Crippen molar-refractivity contribution in [2.75, 3.05) is 33.4 Å². The number of rotatable bonds is 3. The molecule has 9 heteroatoms. The Bertz CT molecular complexity index is 667. The van der Waals surface area contributed by atoms with E-state index in [1.807, 2.05) is 0 Å². The number of methoxy groups -OCH3 is 1. The fourth-order valence-corrected chi connectivity index (χ4v) is 5.60. The Morgan fingerprint density at radius 2 is 1.96 bits per heavy atom. The molecule has 0 saturated carbocycles. The second-order valence-electron chi connectivity index (χ2n) is 5.47. The molecule has 0 atom stereocenters. The monoisotopic (exact) mass is 361 g/mol. The number of sulfonamides is 1. The van der Waals surface area contributed by atoms with Gasteiger partial charge in [-0.1, -0.05) is 0 Å². The van der Waals surface area contributed by atoms with E-state index in [4.69, 9.17) is 9.47 Å². The third-order valence-corrected chi connectivity index (χ3v) is 7.09. The number of carbonyl (C=O) groups excluding carboxylic acids is 1. The van der Waals surface area contributed by atoms with Crippen LogP contribution in [0.15, 0.2) is 16.3 Å². The van der Waals surface area contributed by atoms with Crippen molar-refractivity contribution in [1.82, 2.24) is 4.31 Å². The summed E-state index contributed by atoms with van der Waals surface area (Å²) in [5, 5.41) is 1.58. The molecule has 128 valence electrons. The first-order valence-electron chi connectivity index (χ1n) is 7.42. The molecular formula is C14H19NO6S2. The van der Waals surface area contributed by atoms with E-state index in [-0.39, 0.29) is 9.77 Å². The average molecular weight is 361 g/mol. The van der Waals surface area contributed by atoms with Crippen LogP contribution in [0.25, 0.3) is 0 Å². The maximum absolute atomic E-state index is 12.8. The minimum absolute atomic E-state index is 0.00998. The molecule has 0 radical (unpaired) electrons. The number of carbonyl (C=O) groups is 1. The smallest absolute Gasteiger partial charge is 0.349 e. The number of esters is 1. The van der Waals surface area contributed by atoms with Crippen LogP contribution in [0.5, 0.6) is 0 Å². The second-order valence-corrected chi connectivity index (χ2v) is 8.29. The quantitative estimate of drug-likeness (QED) is 0.758. The zero-order valence-corrected chi connectivity index (χ0v) is 14.5. The summed E-state index contributed by atoms with van der Waals surface area (Å²) in [4.78, 5) is 11.9. The largest absolute Gasteiger partial charge is 0.465 e. The van der Waals surface area contributed by atoms with E-state index in [0.29, 0.717) is 39.1 Å². The summed E-state index contributed by atoms with van der Waals surface area (Å²) in [6.45, 7) is 1.89. The van der Waals surface area contributed by atoms with Gasteiger partial charge < -0.3 is 14.2 Å². The van der Waals surface area contributed by atoms with Gasteiger partial charge in [-0.3, -0.25) is 0 Å². The van der Waals surface area contributed by atoms with Crippen molar-refractivity contribution in [2.45, 2.75) is 29.9 Å². The normalized spacial score (nSPS) is 22.1. The van der Waals surface area contributed by atoms with Crippen LogP contribution in [0.1, 0.15) is 28.9 Å². The van der Waals surface area contributed by atoms with Gasteiger partial charge in [0.25, 0.3) is 0 Å². The molecule has 0 unspecified atom stereocenters. The van der Waals surface area contributed by atoms with Crippen LogP contribution >= 0.6 is 11.3 Å². The fraction of sp³-hybridized carbons (Fsp3) is 0.643. The molecular weight excluding hydrogens is 342 g/mol. The summed E-state index contributed by atoms with van der Waals surface area (Å²) in [6.07, 6.45) is 1.84. The highest BCUT2D eigenvalue weighted by atomic mass is 32.2. The molecule has 0 aliphatic carbocycles. The molecule has 1 aromatic rings. The van der Waals surface area contributed by atoms with Gasteiger partial charge in [0.1, 0.15) is 9.77 Å². The van der Waals surface area contributed by atoms with Gasteiger partial charge in [0.15, 0.2) is 5.79 Å². The van der Waals surface area contributed by atoms with Crippen molar-refractivity contribution in [1.29, 1.82) is 0 Å². The van der Waals surface area contributed by atoms with Gasteiger partial charge in [0.2, 0.25) is 10.0 Å². The Morgan fingerprint density at radius 3 is 2.57 bits per heavy atom. The zero-order valence-electron chi connectivity index (χ0n) is 12.8. The molecule has 2 aliphatic rings. The van der Waals surface area contributed by atoms with Crippen molar-refractivity contribution in [3.63, 3.8) is 0 Å². The van der Waals surface area contributed by atoms with Crippen LogP contribution in [0.3, 0.4) is 0 Å². The van der Waals surface area contributed by atoms with E-state index in [2.05, 4.69) is 4.74 Å². The Kier molecular flexibility index (Phi) is 4.75. The third kappa shape index (κ3) is 3.16. The van der Waals surface area contributed by atoms with Gasteiger partial charge in [-0.25, -0.2) is 13.2 Å². The van der Waals surface area contributed by atoms with Crippen LogP contribution < -0.4 is 0 Å². The van der Waals surface area contributed by atoms with Crippen LogP contribution in [-0.4, -0.2) is 57.9 Å². The van der Waals surface area contributed by atoms with Crippen molar-refractivity contribution in [3.8, 4) is 0 Å². The maximum atomic E-state index is 12.8. The standard InChI is InChI=1S/C14H19NO6S2/c1-19-13(16)12-11(3-10-22-12)23(17,18)15-6-4-14(5-7-15)20-8-2-9-21-14/h3,10H,2,4-9H2,1H3. The molecule has 1 spiro atoms. The number of hydrogen-bond donors (Lipinski definition) is 0. The maximum Gasteiger partial charge on any atom is 0.349 e. The summed E-state index contributed by atoms with van der Waals surface area (Å²) in [5.41, 5.74) is 0. The molecule has 3 heterocycles. The van der Waals surface area contributed by atoms with Gasteiger partial charge in [-0.05, 0) is 17.9 Å². The second kappa shape index (κ2) is 6.48. The zero-order chi connectivity index (χ0) is 16.5. The fourth-order valence-electron chi connectivity index (χ4n) is 2.85. The lowest BCUT2D eigenvalue weighted by molar-refractivity contribution is -0.280. The molecule has 23 heavy (non-hydrogen) atoms. The highest BCUT2D eigenvalue weighted by molar-refractivity contribution is 7.89. The molecule has 0 aromatic carbocycles. The molecule has 3 rings (SSSR count). The molecule has 2 aliphatic heterocycles. The summed E-state index contributed by atoms with van der Waals surface area (Å²) < 4.78 is 43.1. The predicted octanol–water partition coefficient (Wildman–Crippen LogP) is 1.45. The first-order chi connectivity index (χ1) is 11.0. The molecule has 0 N–H and O–H groups in total. The molecule has 2 saturated heterocycles. The first-order valence-corrected chi connectivity index (χ1v) is 9.74. The molecule has 0 bridgehead atoms. The third-order valence-electron chi connectivity index (χ3n) is 4.12. The lowest BCUT2D eigenvalue weighted by atomic mass is 10.0.